The third-order valence-corrected chi connectivity index (χ3v) is 3.39. The summed E-state index contributed by atoms with van der Waals surface area (Å²) in [5, 5.41) is 13.3. The molecule has 0 aliphatic heterocycles. The number of hydrogen-bond acceptors (Lipinski definition) is 4. The third-order valence-electron chi connectivity index (χ3n) is 2.77. The minimum absolute atomic E-state index is 0.0155. The number of benzene rings is 1. The average molecular weight is 340 g/mol. The van der Waals surface area contributed by atoms with Gasteiger partial charge >= 0.3 is 0 Å². The quantitative estimate of drug-likeness (QED) is 0.878. The second-order valence-corrected chi connectivity index (χ2v) is 5.82. The summed E-state index contributed by atoms with van der Waals surface area (Å²) in [7, 11) is 0. The van der Waals surface area contributed by atoms with Gasteiger partial charge in [-0.25, -0.2) is 9.67 Å². The van der Waals surface area contributed by atoms with E-state index in [1.807, 2.05) is 22.9 Å². The van der Waals surface area contributed by atoms with Crippen LogP contribution in [0.2, 0.25) is 0 Å². The standard InChI is InChI=1S/C14H18BrN3O2/c1-10(2)6-18-14(16-9-17-18)8-20-13-4-3-11(7-19)5-12(13)15/h3-5,9-10,19H,6-8H2,1-2H3. The Kier molecular flexibility index (Phi) is 5.14. The molecule has 0 radical (unpaired) electrons. The van der Waals surface area contributed by atoms with Gasteiger partial charge in [0.2, 0.25) is 0 Å². The van der Waals surface area contributed by atoms with E-state index in [2.05, 4.69) is 39.9 Å². The maximum atomic E-state index is 9.07. The van der Waals surface area contributed by atoms with E-state index in [4.69, 9.17) is 9.84 Å². The van der Waals surface area contributed by atoms with Gasteiger partial charge in [0.15, 0.2) is 5.82 Å². The Hall–Kier alpha value is -1.40. The molecule has 0 aliphatic carbocycles. The van der Waals surface area contributed by atoms with Crippen LogP contribution in [0.5, 0.6) is 5.75 Å². The molecule has 108 valence electrons. The Bertz CT molecular complexity index is 569. The Morgan fingerprint density at radius 2 is 2.20 bits per heavy atom. The summed E-state index contributed by atoms with van der Waals surface area (Å²) < 4.78 is 8.43. The summed E-state index contributed by atoms with van der Waals surface area (Å²) in [6.45, 7) is 5.47. The first-order valence-corrected chi connectivity index (χ1v) is 7.28. The highest BCUT2D eigenvalue weighted by atomic mass is 79.9. The van der Waals surface area contributed by atoms with Crippen LogP contribution in [-0.4, -0.2) is 19.9 Å². The van der Waals surface area contributed by atoms with Gasteiger partial charge < -0.3 is 9.84 Å². The summed E-state index contributed by atoms with van der Waals surface area (Å²) in [5.41, 5.74) is 0.840. The zero-order valence-electron chi connectivity index (χ0n) is 11.6. The smallest absolute Gasteiger partial charge is 0.164 e. The topological polar surface area (TPSA) is 60.2 Å². The molecule has 0 bridgehead atoms. The van der Waals surface area contributed by atoms with Crippen LogP contribution in [0, 0.1) is 5.92 Å². The number of rotatable bonds is 6. The van der Waals surface area contributed by atoms with Crippen molar-refractivity contribution in [2.24, 2.45) is 5.92 Å². The fourth-order valence-electron chi connectivity index (χ4n) is 1.80. The minimum atomic E-state index is 0.0155. The fourth-order valence-corrected chi connectivity index (χ4v) is 2.34. The molecule has 0 saturated carbocycles. The second kappa shape index (κ2) is 6.85. The average Bonchev–Trinajstić information content (AvgIpc) is 2.83. The van der Waals surface area contributed by atoms with E-state index < -0.39 is 0 Å². The fraction of sp³-hybridized carbons (Fsp3) is 0.429. The molecule has 0 spiro atoms. The SMILES string of the molecule is CC(C)Cn1ncnc1COc1ccc(CO)cc1Br. The lowest BCUT2D eigenvalue weighted by atomic mass is 10.2. The lowest BCUT2D eigenvalue weighted by Gasteiger charge is -2.11. The van der Waals surface area contributed by atoms with Crippen LogP contribution in [0.3, 0.4) is 0 Å². The van der Waals surface area contributed by atoms with Crippen LogP contribution in [0.1, 0.15) is 25.2 Å². The van der Waals surface area contributed by atoms with Gasteiger partial charge in [0.25, 0.3) is 0 Å². The van der Waals surface area contributed by atoms with Crippen LogP contribution in [0.15, 0.2) is 29.0 Å². The number of ether oxygens (including phenoxy) is 1. The van der Waals surface area contributed by atoms with E-state index in [1.165, 1.54) is 0 Å². The van der Waals surface area contributed by atoms with Crippen molar-refractivity contribution in [2.45, 2.75) is 33.6 Å². The van der Waals surface area contributed by atoms with Gasteiger partial charge in [-0.05, 0) is 39.5 Å². The predicted octanol–water partition coefficient (Wildman–Crippen LogP) is 2.77. The molecule has 1 heterocycles. The molecular weight excluding hydrogens is 322 g/mol. The van der Waals surface area contributed by atoms with Crippen LogP contribution in [-0.2, 0) is 19.8 Å². The third kappa shape index (κ3) is 3.80. The van der Waals surface area contributed by atoms with Crippen molar-refractivity contribution < 1.29 is 9.84 Å². The molecule has 1 aromatic heterocycles. The van der Waals surface area contributed by atoms with E-state index in [-0.39, 0.29) is 6.61 Å². The van der Waals surface area contributed by atoms with Gasteiger partial charge in [-0.2, -0.15) is 5.10 Å². The number of halogens is 1. The number of aromatic nitrogens is 3. The Morgan fingerprint density at radius 1 is 1.40 bits per heavy atom. The zero-order valence-corrected chi connectivity index (χ0v) is 13.2. The summed E-state index contributed by atoms with van der Waals surface area (Å²) in [6, 6.07) is 5.51. The molecular formula is C14H18BrN3O2. The monoisotopic (exact) mass is 339 g/mol. The summed E-state index contributed by atoms with van der Waals surface area (Å²) in [4.78, 5) is 4.22. The number of nitrogens with zero attached hydrogens (tertiary/aromatic N) is 3. The van der Waals surface area contributed by atoms with Gasteiger partial charge in [0.05, 0.1) is 11.1 Å². The number of aliphatic hydroxyl groups excluding tert-OH is 1. The molecule has 0 aliphatic rings. The summed E-state index contributed by atoms with van der Waals surface area (Å²) in [5.74, 6) is 2.03. The molecule has 20 heavy (non-hydrogen) atoms. The first kappa shape index (κ1) is 15.0. The molecule has 1 N–H and O–H groups in total. The van der Waals surface area contributed by atoms with E-state index >= 15 is 0 Å². The van der Waals surface area contributed by atoms with Gasteiger partial charge in [-0.1, -0.05) is 19.9 Å². The highest BCUT2D eigenvalue weighted by Crippen LogP contribution is 2.26. The van der Waals surface area contributed by atoms with E-state index in [9.17, 15) is 0 Å². The molecule has 6 heteroatoms. The predicted molar refractivity (Wildman–Crippen MR) is 79.3 cm³/mol. The maximum absolute atomic E-state index is 9.07. The first-order valence-electron chi connectivity index (χ1n) is 6.49. The van der Waals surface area contributed by atoms with Gasteiger partial charge in [0, 0.05) is 6.54 Å². The van der Waals surface area contributed by atoms with Crippen molar-refractivity contribution in [3.63, 3.8) is 0 Å². The van der Waals surface area contributed by atoms with Gasteiger partial charge in [0.1, 0.15) is 18.7 Å². The summed E-state index contributed by atoms with van der Waals surface area (Å²) in [6.07, 6.45) is 1.55. The minimum Gasteiger partial charge on any atom is -0.484 e. The Morgan fingerprint density at radius 3 is 2.85 bits per heavy atom. The van der Waals surface area contributed by atoms with Crippen LogP contribution < -0.4 is 4.74 Å². The highest BCUT2D eigenvalue weighted by Gasteiger charge is 2.08. The van der Waals surface area contributed by atoms with Crippen molar-refractivity contribution >= 4 is 15.9 Å². The normalized spacial score (nSPS) is 11.1. The molecule has 0 atom stereocenters. The Balaban J connectivity index is 2.03. The molecule has 0 fully saturated rings. The largest absolute Gasteiger partial charge is 0.484 e. The van der Waals surface area contributed by atoms with Crippen LogP contribution in [0.25, 0.3) is 0 Å². The number of aliphatic hydroxyl groups is 1. The van der Waals surface area contributed by atoms with E-state index in [0.717, 1.165) is 28.2 Å². The molecule has 0 saturated heterocycles. The zero-order chi connectivity index (χ0) is 14.5. The molecule has 1 aromatic carbocycles. The Labute approximate surface area is 126 Å². The lowest BCUT2D eigenvalue weighted by molar-refractivity contribution is 0.276. The van der Waals surface area contributed by atoms with Crippen molar-refractivity contribution in [1.82, 2.24) is 14.8 Å². The van der Waals surface area contributed by atoms with E-state index in [0.29, 0.717) is 12.5 Å². The van der Waals surface area contributed by atoms with Crippen molar-refractivity contribution in [3.05, 3.63) is 40.4 Å². The molecule has 0 unspecified atom stereocenters. The van der Waals surface area contributed by atoms with Gasteiger partial charge in [-0.3, -0.25) is 0 Å². The lowest BCUT2D eigenvalue weighted by Crippen LogP contribution is -2.12. The second-order valence-electron chi connectivity index (χ2n) is 4.96. The van der Waals surface area contributed by atoms with Crippen molar-refractivity contribution in [3.8, 4) is 5.75 Å². The van der Waals surface area contributed by atoms with Crippen LogP contribution in [0.4, 0.5) is 0 Å². The maximum Gasteiger partial charge on any atom is 0.164 e. The van der Waals surface area contributed by atoms with Crippen molar-refractivity contribution in [2.75, 3.05) is 0 Å². The summed E-state index contributed by atoms with van der Waals surface area (Å²) >= 11 is 3.43. The molecule has 2 rings (SSSR count). The van der Waals surface area contributed by atoms with E-state index in [1.54, 1.807) is 6.33 Å². The highest BCUT2D eigenvalue weighted by molar-refractivity contribution is 9.10. The molecule has 2 aromatic rings. The molecule has 0 amide bonds. The number of hydrogen-bond donors (Lipinski definition) is 1. The van der Waals surface area contributed by atoms with Crippen LogP contribution >= 0.6 is 15.9 Å². The van der Waals surface area contributed by atoms with Crippen molar-refractivity contribution in [1.29, 1.82) is 0 Å². The molecule has 5 nitrogen and oxygen atoms in total. The van der Waals surface area contributed by atoms with Gasteiger partial charge in [-0.15, -0.1) is 0 Å². The first-order chi connectivity index (χ1) is 9.60.